The fraction of sp³-hybridized carbons (Fsp3) is 0.375. The number of hydrogen-bond donors (Lipinski definition) is 1. The summed E-state index contributed by atoms with van der Waals surface area (Å²) in [4.78, 5) is 12.3. The number of para-hydroxylation sites is 1. The van der Waals surface area contributed by atoms with Crippen LogP contribution >= 0.6 is 11.6 Å². The third kappa shape index (κ3) is 3.54. The highest BCUT2D eigenvalue weighted by atomic mass is 35.5. The second kappa shape index (κ2) is 7.10. The average molecular weight is 338 g/mol. The van der Waals surface area contributed by atoms with Crippen molar-refractivity contribution < 1.29 is 9.13 Å². The molecular formula is C16H17ClFN3O2. The molecule has 3 rings (SSSR count). The van der Waals surface area contributed by atoms with E-state index in [9.17, 15) is 9.18 Å². The maximum atomic E-state index is 13.8. The zero-order valence-electron chi connectivity index (χ0n) is 12.5. The SMILES string of the molecule is O=c1c(Cl)c(NCC2CCCOC2)cnn1-c1ccccc1F. The number of halogens is 2. The van der Waals surface area contributed by atoms with Crippen molar-refractivity contribution in [1.82, 2.24) is 9.78 Å². The molecule has 0 radical (unpaired) electrons. The van der Waals surface area contributed by atoms with E-state index in [1.165, 1.54) is 18.3 Å². The number of aromatic nitrogens is 2. The van der Waals surface area contributed by atoms with Crippen molar-refractivity contribution in [2.24, 2.45) is 5.92 Å². The Morgan fingerprint density at radius 3 is 3.00 bits per heavy atom. The Morgan fingerprint density at radius 2 is 2.26 bits per heavy atom. The minimum absolute atomic E-state index is 0.0000177. The van der Waals surface area contributed by atoms with E-state index >= 15 is 0 Å². The molecule has 5 nitrogen and oxygen atoms in total. The molecular weight excluding hydrogens is 321 g/mol. The number of nitrogens with one attached hydrogen (secondary N) is 1. The molecule has 1 aromatic heterocycles. The van der Waals surface area contributed by atoms with Gasteiger partial charge in [0, 0.05) is 13.2 Å². The number of hydrogen-bond acceptors (Lipinski definition) is 4. The smallest absolute Gasteiger partial charge is 0.292 e. The molecule has 1 unspecified atom stereocenters. The van der Waals surface area contributed by atoms with E-state index in [2.05, 4.69) is 10.4 Å². The van der Waals surface area contributed by atoms with E-state index in [0.29, 0.717) is 24.8 Å². The highest BCUT2D eigenvalue weighted by Crippen LogP contribution is 2.20. The van der Waals surface area contributed by atoms with Crippen LogP contribution in [-0.2, 0) is 4.74 Å². The van der Waals surface area contributed by atoms with E-state index in [1.54, 1.807) is 12.1 Å². The molecule has 0 amide bonds. The van der Waals surface area contributed by atoms with Crippen LogP contribution in [0.2, 0.25) is 5.02 Å². The lowest BCUT2D eigenvalue weighted by Gasteiger charge is -2.22. The molecule has 1 N–H and O–H groups in total. The van der Waals surface area contributed by atoms with Crippen molar-refractivity contribution in [2.75, 3.05) is 25.1 Å². The van der Waals surface area contributed by atoms with Gasteiger partial charge in [0.2, 0.25) is 0 Å². The van der Waals surface area contributed by atoms with Crippen LogP contribution in [0, 0.1) is 11.7 Å². The third-order valence-electron chi connectivity index (χ3n) is 3.84. The molecule has 23 heavy (non-hydrogen) atoms. The zero-order valence-corrected chi connectivity index (χ0v) is 13.2. The number of ether oxygens (including phenoxy) is 1. The second-order valence-electron chi connectivity index (χ2n) is 5.50. The standard InChI is InChI=1S/C16H17ClFN3O2/c17-15-13(19-8-11-4-3-7-23-10-11)9-20-21(16(15)22)14-6-2-1-5-12(14)18/h1-2,5-6,9,11,19H,3-4,7-8,10H2. The fourth-order valence-corrected chi connectivity index (χ4v) is 2.77. The molecule has 2 aromatic rings. The lowest BCUT2D eigenvalue weighted by Crippen LogP contribution is -2.27. The summed E-state index contributed by atoms with van der Waals surface area (Å²) in [6, 6.07) is 5.93. The Hall–Kier alpha value is -1.92. The maximum Gasteiger partial charge on any atom is 0.292 e. The van der Waals surface area contributed by atoms with Gasteiger partial charge in [0.1, 0.15) is 16.5 Å². The highest BCUT2D eigenvalue weighted by Gasteiger charge is 2.16. The number of anilines is 1. The van der Waals surface area contributed by atoms with E-state index in [-0.39, 0.29) is 10.7 Å². The lowest BCUT2D eigenvalue weighted by molar-refractivity contribution is 0.0595. The first-order valence-electron chi connectivity index (χ1n) is 7.51. The molecule has 1 fully saturated rings. The van der Waals surface area contributed by atoms with Crippen molar-refractivity contribution in [3.05, 3.63) is 51.7 Å². The number of rotatable bonds is 4. The number of nitrogens with zero attached hydrogens (tertiary/aromatic N) is 2. The van der Waals surface area contributed by atoms with Gasteiger partial charge in [-0.1, -0.05) is 23.7 Å². The Morgan fingerprint density at radius 1 is 1.43 bits per heavy atom. The Labute approximate surface area is 138 Å². The largest absolute Gasteiger partial charge is 0.382 e. The Balaban J connectivity index is 1.80. The summed E-state index contributed by atoms with van der Waals surface area (Å²) in [5.74, 6) is -0.146. The van der Waals surface area contributed by atoms with E-state index in [4.69, 9.17) is 16.3 Å². The van der Waals surface area contributed by atoms with E-state index in [0.717, 1.165) is 24.1 Å². The number of benzene rings is 1. The predicted molar refractivity (Wildman–Crippen MR) is 86.8 cm³/mol. The monoisotopic (exact) mass is 337 g/mol. The van der Waals surface area contributed by atoms with Gasteiger partial charge in [0.05, 0.1) is 18.5 Å². The van der Waals surface area contributed by atoms with Crippen LogP contribution in [0.25, 0.3) is 5.69 Å². The quantitative estimate of drug-likeness (QED) is 0.932. The topological polar surface area (TPSA) is 56.1 Å². The van der Waals surface area contributed by atoms with Gasteiger partial charge in [0.25, 0.3) is 5.56 Å². The minimum Gasteiger partial charge on any atom is -0.382 e. The van der Waals surface area contributed by atoms with Gasteiger partial charge >= 0.3 is 0 Å². The van der Waals surface area contributed by atoms with Gasteiger partial charge < -0.3 is 10.1 Å². The summed E-state index contributed by atoms with van der Waals surface area (Å²) in [6.07, 6.45) is 3.55. The van der Waals surface area contributed by atoms with Gasteiger partial charge in [-0.15, -0.1) is 0 Å². The van der Waals surface area contributed by atoms with Crippen LogP contribution in [-0.4, -0.2) is 29.5 Å². The summed E-state index contributed by atoms with van der Waals surface area (Å²) >= 11 is 6.13. The van der Waals surface area contributed by atoms with Crippen molar-refractivity contribution in [3.8, 4) is 5.69 Å². The molecule has 0 saturated carbocycles. The molecule has 0 spiro atoms. The van der Waals surface area contributed by atoms with Gasteiger partial charge in [0.15, 0.2) is 0 Å². The van der Waals surface area contributed by atoms with Crippen LogP contribution in [0.1, 0.15) is 12.8 Å². The molecule has 7 heteroatoms. The molecule has 1 atom stereocenters. The highest BCUT2D eigenvalue weighted by molar-refractivity contribution is 6.32. The molecule has 1 aromatic carbocycles. The van der Waals surface area contributed by atoms with Crippen LogP contribution in [0.5, 0.6) is 0 Å². The van der Waals surface area contributed by atoms with Gasteiger partial charge in [-0.3, -0.25) is 4.79 Å². The summed E-state index contributed by atoms with van der Waals surface area (Å²) in [5, 5.41) is 7.16. The van der Waals surface area contributed by atoms with Crippen molar-refractivity contribution in [3.63, 3.8) is 0 Å². The normalized spacial score (nSPS) is 17.9. The van der Waals surface area contributed by atoms with Crippen molar-refractivity contribution in [1.29, 1.82) is 0 Å². The average Bonchev–Trinajstić information content (AvgIpc) is 2.58. The summed E-state index contributed by atoms with van der Waals surface area (Å²) < 4.78 is 20.2. The van der Waals surface area contributed by atoms with Crippen LogP contribution in [0.4, 0.5) is 10.1 Å². The maximum absolute atomic E-state index is 13.8. The predicted octanol–water partition coefficient (Wildman–Crippen LogP) is 2.86. The Bertz CT molecular complexity index is 744. The molecule has 1 aliphatic rings. The van der Waals surface area contributed by atoms with Crippen molar-refractivity contribution in [2.45, 2.75) is 12.8 Å². The summed E-state index contributed by atoms with van der Waals surface area (Å²) in [5.41, 5.74) is -0.0249. The molecule has 1 saturated heterocycles. The molecule has 1 aliphatic heterocycles. The van der Waals surface area contributed by atoms with Gasteiger partial charge in [-0.25, -0.2) is 4.39 Å². The van der Waals surface area contributed by atoms with Crippen LogP contribution < -0.4 is 10.9 Å². The third-order valence-corrected chi connectivity index (χ3v) is 4.20. The first-order valence-corrected chi connectivity index (χ1v) is 7.89. The van der Waals surface area contributed by atoms with E-state index < -0.39 is 11.4 Å². The first kappa shape index (κ1) is 16.0. The second-order valence-corrected chi connectivity index (χ2v) is 5.88. The molecule has 0 bridgehead atoms. The first-order chi connectivity index (χ1) is 11.2. The molecule has 0 aliphatic carbocycles. The van der Waals surface area contributed by atoms with Crippen LogP contribution in [0.15, 0.2) is 35.3 Å². The van der Waals surface area contributed by atoms with Crippen LogP contribution in [0.3, 0.4) is 0 Å². The molecule has 122 valence electrons. The molecule has 2 heterocycles. The lowest BCUT2D eigenvalue weighted by atomic mass is 10.0. The van der Waals surface area contributed by atoms with E-state index in [1.807, 2.05) is 0 Å². The summed E-state index contributed by atoms with van der Waals surface area (Å²) in [6.45, 7) is 2.16. The van der Waals surface area contributed by atoms with Crippen molar-refractivity contribution >= 4 is 17.3 Å². The van der Waals surface area contributed by atoms with Gasteiger partial charge in [-0.05, 0) is 30.9 Å². The zero-order chi connectivity index (χ0) is 16.2. The fourth-order valence-electron chi connectivity index (χ4n) is 2.57. The Kier molecular flexibility index (Phi) is 4.93. The van der Waals surface area contributed by atoms with Gasteiger partial charge in [-0.2, -0.15) is 9.78 Å². The summed E-state index contributed by atoms with van der Waals surface area (Å²) in [7, 11) is 0. The minimum atomic E-state index is -0.554.